The number of carbonyl (C=O) groups is 1. The van der Waals surface area contributed by atoms with E-state index in [9.17, 15) is 4.79 Å². The number of aromatic nitrogens is 3. The molecule has 2 aromatic heterocycles. The number of rotatable bonds is 7. The zero-order valence-corrected chi connectivity index (χ0v) is 16.2. The number of nitrogens with zero attached hydrogens (tertiary/aromatic N) is 3. The van der Waals surface area contributed by atoms with Gasteiger partial charge in [-0.2, -0.15) is 5.10 Å². The molecule has 0 bridgehead atoms. The SMILES string of the molecule is O=C(CSc1nc2ccccc2s1)NCc1ccccc1Cn1cccn1. The van der Waals surface area contributed by atoms with Gasteiger partial charge in [-0.25, -0.2) is 4.98 Å². The van der Waals surface area contributed by atoms with Crippen LogP contribution in [0.15, 0.2) is 71.3 Å². The normalized spacial score (nSPS) is 11.0. The zero-order valence-electron chi connectivity index (χ0n) is 14.5. The van der Waals surface area contributed by atoms with Crippen molar-refractivity contribution in [2.75, 3.05) is 5.75 Å². The van der Waals surface area contributed by atoms with Crippen LogP contribution in [-0.2, 0) is 17.9 Å². The van der Waals surface area contributed by atoms with Gasteiger partial charge in [0.15, 0.2) is 4.34 Å². The highest BCUT2D eigenvalue weighted by Gasteiger charge is 2.09. The molecule has 0 aliphatic carbocycles. The van der Waals surface area contributed by atoms with Gasteiger partial charge in [0.05, 0.1) is 22.5 Å². The molecule has 0 unspecified atom stereocenters. The predicted molar refractivity (Wildman–Crippen MR) is 110 cm³/mol. The van der Waals surface area contributed by atoms with E-state index in [4.69, 9.17) is 0 Å². The molecule has 136 valence electrons. The standard InChI is InChI=1S/C20H18N4OS2/c25-19(14-26-20-23-17-8-3-4-9-18(17)27-20)21-12-15-6-1-2-7-16(15)13-24-11-5-10-22-24/h1-11H,12-14H2,(H,21,25). The van der Waals surface area contributed by atoms with Crippen molar-refractivity contribution >= 4 is 39.2 Å². The lowest BCUT2D eigenvalue weighted by atomic mass is 10.1. The van der Waals surface area contributed by atoms with Crippen molar-refractivity contribution in [2.45, 2.75) is 17.4 Å². The summed E-state index contributed by atoms with van der Waals surface area (Å²) in [5.74, 6) is 0.370. The van der Waals surface area contributed by atoms with Gasteiger partial charge in [0, 0.05) is 18.9 Å². The first-order valence-electron chi connectivity index (χ1n) is 8.57. The van der Waals surface area contributed by atoms with Crippen LogP contribution in [0, 0.1) is 0 Å². The second kappa shape index (κ2) is 8.37. The lowest BCUT2D eigenvalue weighted by Crippen LogP contribution is -2.25. The Labute approximate surface area is 165 Å². The third-order valence-electron chi connectivity index (χ3n) is 4.09. The van der Waals surface area contributed by atoms with E-state index in [1.165, 1.54) is 11.8 Å². The van der Waals surface area contributed by atoms with E-state index in [1.54, 1.807) is 17.5 Å². The van der Waals surface area contributed by atoms with Crippen molar-refractivity contribution in [1.29, 1.82) is 0 Å². The van der Waals surface area contributed by atoms with Gasteiger partial charge in [-0.3, -0.25) is 9.48 Å². The molecule has 5 nitrogen and oxygen atoms in total. The third kappa shape index (κ3) is 4.56. The fourth-order valence-electron chi connectivity index (χ4n) is 2.74. The molecule has 1 amide bonds. The maximum Gasteiger partial charge on any atom is 0.230 e. The minimum Gasteiger partial charge on any atom is -0.351 e. The van der Waals surface area contributed by atoms with Crippen molar-refractivity contribution in [2.24, 2.45) is 0 Å². The lowest BCUT2D eigenvalue weighted by molar-refractivity contribution is -0.118. The number of nitrogens with one attached hydrogen (secondary N) is 1. The number of hydrogen-bond donors (Lipinski definition) is 1. The first-order chi connectivity index (χ1) is 13.3. The van der Waals surface area contributed by atoms with Crippen molar-refractivity contribution in [3.8, 4) is 0 Å². The van der Waals surface area contributed by atoms with E-state index in [0.717, 1.165) is 25.7 Å². The van der Waals surface area contributed by atoms with E-state index < -0.39 is 0 Å². The minimum atomic E-state index is 0.00754. The average molecular weight is 395 g/mol. The predicted octanol–water partition coefficient (Wildman–Crippen LogP) is 3.95. The van der Waals surface area contributed by atoms with Crippen LogP contribution in [0.5, 0.6) is 0 Å². The molecule has 1 N–H and O–H groups in total. The van der Waals surface area contributed by atoms with Crippen LogP contribution in [0.1, 0.15) is 11.1 Å². The summed E-state index contributed by atoms with van der Waals surface area (Å²) >= 11 is 3.10. The van der Waals surface area contributed by atoms with Gasteiger partial charge in [0.1, 0.15) is 0 Å². The van der Waals surface area contributed by atoms with Crippen molar-refractivity contribution in [3.63, 3.8) is 0 Å². The Bertz CT molecular complexity index is 1010. The summed E-state index contributed by atoms with van der Waals surface area (Å²) in [6.07, 6.45) is 3.70. The Morgan fingerprint density at radius 1 is 1.07 bits per heavy atom. The van der Waals surface area contributed by atoms with Gasteiger partial charge in [0.25, 0.3) is 0 Å². The Kier molecular flexibility index (Phi) is 5.50. The summed E-state index contributed by atoms with van der Waals surface area (Å²) in [4.78, 5) is 16.8. The molecule has 2 aromatic carbocycles. The molecule has 2 heterocycles. The van der Waals surface area contributed by atoms with Crippen LogP contribution >= 0.6 is 23.1 Å². The number of thioether (sulfide) groups is 1. The minimum absolute atomic E-state index is 0.00754. The lowest BCUT2D eigenvalue weighted by Gasteiger charge is -2.10. The van der Waals surface area contributed by atoms with E-state index in [2.05, 4.69) is 21.5 Å². The molecule has 0 spiro atoms. The van der Waals surface area contributed by atoms with E-state index in [1.807, 2.05) is 59.4 Å². The van der Waals surface area contributed by atoms with Crippen LogP contribution in [0.3, 0.4) is 0 Å². The van der Waals surface area contributed by atoms with Crippen LogP contribution in [0.25, 0.3) is 10.2 Å². The second-order valence-electron chi connectivity index (χ2n) is 5.99. The van der Waals surface area contributed by atoms with Gasteiger partial charge in [-0.05, 0) is 29.3 Å². The van der Waals surface area contributed by atoms with Crippen molar-refractivity contribution in [1.82, 2.24) is 20.1 Å². The summed E-state index contributed by atoms with van der Waals surface area (Å²) in [5.41, 5.74) is 3.24. The monoisotopic (exact) mass is 394 g/mol. The first-order valence-corrected chi connectivity index (χ1v) is 10.4. The molecule has 0 aliphatic rings. The van der Waals surface area contributed by atoms with Crippen LogP contribution in [0.2, 0.25) is 0 Å². The molecule has 27 heavy (non-hydrogen) atoms. The third-order valence-corrected chi connectivity index (χ3v) is 6.27. The van der Waals surface area contributed by atoms with Crippen molar-refractivity contribution in [3.05, 3.63) is 78.1 Å². The molecule has 0 fully saturated rings. The number of thiazole rings is 1. The fourth-order valence-corrected chi connectivity index (χ4v) is 4.64. The number of amides is 1. The molecule has 7 heteroatoms. The number of para-hydroxylation sites is 1. The van der Waals surface area contributed by atoms with Crippen LogP contribution in [0.4, 0.5) is 0 Å². The van der Waals surface area contributed by atoms with Crippen molar-refractivity contribution < 1.29 is 4.79 Å². The molecular weight excluding hydrogens is 376 g/mol. The summed E-state index contributed by atoms with van der Waals surface area (Å²) in [5, 5.41) is 7.26. The quantitative estimate of drug-likeness (QED) is 0.482. The van der Waals surface area contributed by atoms with Gasteiger partial charge < -0.3 is 5.32 Å². The molecule has 0 aliphatic heterocycles. The van der Waals surface area contributed by atoms with Crippen LogP contribution < -0.4 is 5.32 Å². The molecule has 4 rings (SSSR count). The summed E-state index contributed by atoms with van der Waals surface area (Å²) in [7, 11) is 0. The van der Waals surface area contributed by atoms with Gasteiger partial charge in [-0.1, -0.05) is 48.2 Å². The largest absolute Gasteiger partial charge is 0.351 e. The number of carbonyl (C=O) groups excluding carboxylic acids is 1. The maximum atomic E-state index is 12.3. The Hall–Kier alpha value is -2.64. The first kappa shape index (κ1) is 17.8. The van der Waals surface area contributed by atoms with E-state index in [-0.39, 0.29) is 5.91 Å². The summed E-state index contributed by atoms with van der Waals surface area (Å²) in [6.45, 7) is 1.20. The van der Waals surface area contributed by atoms with E-state index in [0.29, 0.717) is 18.8 Å². The number of benzene rings is 2. The Morgan fingerprint density at radius 2 is 1.89 bits per heavy atom. The van der Waals surface area contributed by atoms with E-state index >= 15 is 0 Å². The maximum absolute atomic E-state index is 12.3. The topological polar surface area (TPSA) is 59.8 Å². The van der Waals surface area contributed by atoms with Crippen LogP contribution in [-0.4, -0.2) is 26.4 Å². The van der Waals surface area contributed by atoms with Gasteiger partial charge in [0.2, 0.25) is 5.91 Å². The number of fused-ring (bicyclic) bond motifs is 1. The molecule has 0 atom stereocenters. The molecule has 0 saturated carbocycles. The smallest absolute Gasteiger partial charge is 0.230 e. The van der Waals surface area contributed by atoms with Gasteiger partial charge >= 0.3 is 0 Å². The fraction of sp³-hybridized carbons (Fsp3) is 0.150. The highest BCUT2D eigenvalue weighted by atomic mass is 32.2. The Balaban J connectivity index is 1.32. The highest BCUT2D eigenvalue weighted by Crippen LogP contribution is 2.29. The highest BCUT2D eigenvalue weighted by molar-refractivity contribution is 8.01. The molecule has 0 radical (unpaired) electrons. The molecule has 0 saturated heterocycles. The zero-order chi connectivity index (χ0) is 18.5. The van der Waals surface area contributed by atoms with Gasteiger partial charge in [-0.15, -0.1) is 11.3 Å². The molecular formula is C20H18N4OS2. The summed E-state index contributed by atoms with van der Waals surface area (Å²) < 4.78 is 3.95. The Morgan fingerprint density at radius 3 is 2.70 bits per heavy atom. The summed E-state index contributed by atoms with van der Waals surface area (Å²) in [6, 6.07) is 18.0. The number of hydrogen-bond acceptors (Lipinski definition) is 5. The molecule has 4 aromatic rings. The average Bonchev–Trinajstić information content (AvgIpc) is 3.34. The second-order valence-corrected chi connectivity index (χ2v) is 8.24.